The van der Waals surface area contributed by atoms with E-state index in [1.165, 1.54) is 32.1 Å². The standard InChI is InChI=1S/C20H31N3O/c1-3-18(11-10-17-8-6-5-7-9-17)23(19(24)4-2)20(16-21)12-14-22-15-13-20/h3,10-11,17,22H,4-9,12-15H2,1-2H3/b11-10-,18-3+. The summed E-state index contributed by atoms with van der Waals surface area (Å²) in [7, 11) is 0. The summed E-state index contributed by atoms with van der Waals surface area (Å²) in [6, 6.07) is 2.48. The molecule has 1 amide bonds. The second-order valence-corrected chi connectivity index (χ2v) is 6.95. The molecule has 4 heteroatoms. The van der Waals surface area contributed by atoms with Crippen LogP contribution in [0, 0.1) is 17.2 Å². The average molecular weight is 329 g/mol. The van der Waals surface area contributed by atoms with Crippen LogP contribution in [0.25, 0.3) is 0 Å². The molecule has 0 unspecified atom stereocenters. The minimum Gasteiger partial charge on any atom is -0.316 e. The molecule has 0 bridgehead atoms. The Hall–Kier alpha value is -1.60. The van der Waals surface area contributed by atoms with Crippen molar-refractivity contribution in [3.63, 3.8) is 0 Å². The normalized spacial score (nSPS) is 22.3. The first kappa shape index (κ1) is 18.7. The van der Waals surface area contributed by atoms with E-state index in [4.69, 9.17) is 0 Å². The van der Waals surface area contributed by atoms with Gasteiger partial charge in [0.1, 0.15) is 5.54 Å². The van der Waals surface area contributed by atoms with Crippen LogP contribution in [0.5, 0.6) is 0 Å². The van der Waals surface area contributed by atoms with Crippen molar-refractivity contribution in [3.05, 3.63) is 23.9 Å². The number of nitrogens with zero attached hydrogens (tertiary/aromatic N) is 2. The lowest BCUT2D eigenvalue weighted by Gasteiger charge is -2.42. The Kier molecular flexibility index (Phi) is 7.05. The van der Waals surface area contributed by atoms with Crippen LogP contribution in [0.3, 0.4) is 0 Å². The summed E-state index contributed by atoms with van der Waals surface area (Å²) in [6.07, 6.45) is 14.5. The van der Waals surface area contributed by atoms with Crippen LogP contribution in [0.2, 0.25) is 0 Å². The molecule has 1 aliphatic heterocycles. The van der Waals surface area contributed by atoms with Crippen molar-refractivity contribution in [3.8, 4) is 6.07 Å². The number of hydrogen-bond acceptors (Lipinski definition) is 3. The predicted octanol–water partition coefficient (Wildman–Crippen LogP) is 3.91. The highest BCUT2D eigenvalue weighted by molar-refractivity contribution is 5.80. The SMILES string of the molecule is C/C=C(\C=C/C1CCCCC1)N(C(=O)CC)C1(C#N)CCNCC1. The molecule has 1 heterocycles. The van der Waals surface area contributed by atoms with Gasteiger partial charge in [0.25, 0.3) is 0 Å². The fourth-order valence-electron chi connectivity index (χ4n) is 3.87. The van der Waals surface area contributed by atoms with E-state index in [9.17, 15) is 10.1 Å². The molecule has 1 saturated carbocycles. The summed E-state index contributed by atoms with van der Waals surface area (Å²) in [5.41, 5.74) is 0.174. The molecule has 0 radical (unpaired) electrons. The monoisotopic (exact) mass is 329 g/mol. The summed E-state index contributed by atoms with van der Waals surface area (Å²) in [6.45, 7) is 5.40. The third kappa shape index (κ3) is 4.27. The molecular weight excluding hydrogens is 298 g/mol. The van der Waals surface area contributed by atoms with Gasteiger partial charge in [-0.3, -0.25) is 9.69 Å². The number of allylic oxidation sites excluding steroid dienone is 3. The lowest BCUT2D eigenvalue weighted by molar-refractivity contribution is -0.133. The molecule has 0 atom stereocenters. The maximum absolute atomic E-state index is 12.7. The molecule has 0 spiro atoms. The van der Waals surface area contributed by atoms with Crippen LogP contribution in [0.1, 0.15) is 65.2 Å². The highest BCUT2D eigenvalue weighted by Crippen LogP contribution is 2.32. The van der Waals surface area contributed by atoms with Gasteiger partial charge in [-0.15, -0.1) is 0 Å². The van der Waals surface area contributed by atoms with E-state index in [2.05, 4.69) is 23.5 Å². The minimum absolute atomic E-state index is 0.0415. The van der Waals surface area contributed by atoms with Crippen LogP contribution in [0.4, 0.5) is 0 Å². The van der Waals surface area contributed by atoms with Gasteiger partial charge >= 0.3 is 0 Å². The van der Waals surface area contributed by atoms with E-state index in [0.717, 1.165) is 18.8 Å². The van der Waals surface area contributed by atoms with Crippen LogP contribution in [-0.2, 0) is 4.79 Å². The second kappa shape index (κ2) is 9.03. The number of carbonyl (C=O) groups excluding carboxylic acids is 1. The minimum atomic E-state index is -0.711. The number of amides is 1. The van der Waals surface area contributed by atoms with Crippen LogP contribution in [-0.4, -0.2) is 29.4 Å². The van der Waals surface area contributed by atoms with Gasteiger partial charge in [-0.2, -0.15) is 5.26 Å². The van der Waals surface area contributed by atoms with Crippen LogP contribution >= 0.6 is 0 Å². The second-order valence-electron chi connectivity index (χ2n) is 6.95. The van der Waals surface area contributed by atoms with Crippen molar-refractivity contribution in [2.45, 2.75) is 70.8 Å². The zero-order valence-electron chi connectivity index (χ0n) is 15.2. The van der Waals surface area contributed by atoms with Gasteiger partial charge in [0.15, 0.2) is 0 Å². The maximum Gasteiger partial charge on any atom is 0.228 e. The van der Waals surface area contributed by atoms with Gasteiger partial charge in [0.05, 0.1) is 6.07 Å². The fraction of sp³-hybridized carbons (Fsp3) is 0.700. The summed E-state index contributed by atoms with van der Waals surface area (Å²) in [4.78, 5) is 14.5. The molecule has 0 aromatic rings. The number of nitriles is 1. The number of rotatable bonds is 5. The molecule has 1 N–H and O–H groups in total. The molecule has 1 saturated heterocycles. The zero-order chi connectivity index (χ0) is 17.4. The summed E-state index contributed by atoms with van der Waals surface area (Å²) >= 11 is 0. The Morgan fingerprint density at radius 1 is 1.29 bits per heavy atom. The molecule has 2 aliphatic rings. The first-order valence-corrected chi connectivity index (χ1v) is 9.46. The Morgan fingerprint density at radius 3 is 2.50 bits per heavy atom. The Balaban J connectivity index is 2.25. The van der Waals surface area contributed by atoms with Gasteiger partial charge in [-0.25, -0.2) is 0 Å². The molecular formula is C20H31N3O. The van der Waals surface area contributed by atoms with Crippen molar-refractivity contribution in [1.82, 2.24) is 10.2 Å². The van der Waals surface area contributed by atoms with E-state index in [0.29, 0.717) is 25.2 Å². The Morgan fingerprint density at radius 2 is 1.96 bits per heavy atom. The number of hydrogen-bond donors (Lipinski definition) is 1. The summed E-state index contributed by atoms with van der Waals surface area (Å²) < 4.78 is 0. The molecule has 2 rings (SSSR count). The molecule has 0 aromatic carbocycles. The number of piperidine rings is 1. The molecule has 24 heavy (non-hydrogen) atoms. The molecule has 4 nitrogen and oxygen atoms in total. The van der Waals surface area contributed by atoms with E-state index >= 15 is 0 Å². The van der Waals surface area contributed by atoms with Crippen molar-refractivity contribution < 1.29 is 4.79 Å². The molecule has 2 fully saturated rings. The van der Waals surface area contributed by atoms with Crippen LogP contribution < -0.4 is 5.32 Å². The van der Waals surface area contributed by atoms with Gasteiger partial charge in [0, 0.05) is 12.1 Å². The quantitative estimate of drug-likeness (QED) is 0.778. The Labute approximate surface area is 146 Å². The highest BCUT2D eigenvalue weighted by atomic mass is 16.2. The van der Waals surface area contributed by atoms with Gasteiger partial charge < -0.3 is 5.32 Å². The molecule has 0 aromatic heterocycles. The lowest BCUT2D eigenvalue weighted by Crippen LogP contribution is -2.55. The molecule has 132 valence electrons. The van der Waals surface area contributed by atoms with E-state index in [1.807, 2.05) is 19.9 Å². The van der Waals surface area contributed by atoms with E-state index in [1.54, 1.807) is 4.90 Å². The third-order valence-electron chi connectivity index (χ3n) is 5.36. The van der Waals surface area contributed by atoms with Crippen molar-refractivity contribution in [1.29, 1.82) is 5.26 Å². The Bertz CT molecular complexity index is 517. The van der Waals surface area contributed by atoms with Gasteiger partial charge in [0.2, 0.25) is 5.91 Å². The summed E-state index contributed by atoms with van der Waals surface area (Å²) in [5.74, 6) is 0.651. The van der Waals surface area contributed by atoms with Crippen molar-refractivity contribution in [2.24, 2.45) is 5.92 Å². The van der Waals surface area contributed by atoms with Crippen molar-refractivity contribution >= 4 is 5.91 Å². The largest absolute Gasteiger partial charge is 0.316 e. The van der Waals surface area contributed by atoms with E-state index in [-0.39, 0.29) is 5.91 Å². The number of carbonyl (C=O) groups is 1. The highest BCUT2D eigenvalue weighted by Gasteiger charge is 2.41. The maximum atomic E-state index is 12.7. The third-order valence-corrected chi connectivity index (χ3v) is 5.36. The van der Waals surface area contributed by atoms with Gasteiger partial charge in [-0.1, -0.05) is 38.3 Å². The first-order chi connectivity index (χ1) is 11.7. The van der Waals surface area contributed by atoms with Crippen LogP contribution in [0.15, 0.2) is 23.9 Å². The molecule has 1 aliphatic carbocycles. The van der Waals surface area contributed by atoms with E-state index < -0.39 is 5.54 Å². The lowest BCUT2D eigenvalue weighted by atomic mass is 9.86. The predicted molar refractivity (Wildman–Crippen MR) is 97.1 cm³/mol. The summed E-state index contributed by atoms with van der Waals surface area (Å²) in [5, 5.41) is 13.2. The average Bonchev–Trinajstić information content (AvgIpc) is 2.66. The first-order valence-electron chi connectivity index (χ1n) is 9.46. The zero-order valence-corrected chi connectivity index (χ0v) is 15.2. The topological polar surface area (TPSA) is 56.1 Å². The number of nitrogens with one attached hydrogen (secondary N) is 1. The van der Waals surface area contributed by atoms with Crippen molar-refractivity contribution in [2.75, 3.05) is 13.1 Å². The fourth-order valence-corrected chi connectivity index (χ4v) is 3.87. The van der Waals surface area contributed by atoms with Gasteiger partial charge in [-0.05, 0) is 57.7 Å². The smallest absolute Gasteiger partial charge is 0.228 e.